The summed E-state index contributed by atoms with van der Waals surface area (Å²) in [7, 11) is 1.55. The van der Waals surface area contributed by atoms with Gasteiger partial charge in [-0.15, -0.1) is 0 Å². The number of aliphatic hydroxyl groups excluding tert-OH is 1. The summed E-state index contributed by atoms with van der Waals surface area (Å²) in [5.41, 5.74) is 0.713. The monoisotopic (exact) mass is 350 g/mol. The van der Waals surface area contributed by atoms with Crippen molar-refractivity contribution < 1.29 is 19.7 Å². The second-order valence-corrected chi connectivity index (χ2v) is 4.93. The van der Waals surface area contributed by atoms with Crippen molar-refractivity contribution in [1.29, 1.82) is 0 Å². The maximum atomic E-state index is 10.4. The highest BCUT2D eigenvalue weighted by atomic mass is 127. The quantitative estimate of drug-likeness (QED) is 0.774. The van der Waals surface area contributed by atoms with Crippen LogP contribution < -0.4 is 4.74 Å². The smallest absolute Gasteiger partial charge is 0.303 e. The van der Waals surface area contributed by atoms with E-state index >= 15 is 0 Å². The van der Waals surface area contributed by atoms with Gasteiger partial charge in [-0.2, -0.15) is 0 Å². The molecule has 0 fully saturated rings. The molecule has 0 aromatic heterocycles. The van der Waals surface area contributed by atoms with Crippen LogP contribution in [0.2, 0.25) is 0 Å². The molecule has 0 spiro atoms. The van der Waals surface area contributed by atoms with Crippen molar-refractivity contribution in [1.82, 2.24) is 0 Å². The van der Waals surface area contributed by atoms with Gasteiger partial charge >= 0.3 is 5.97 Å². The molecule has 1 aromatic rings. The Kier molecular flexibility index (Phi) is 5.70. The number of aliphatic carboxylic acids is 1. The summed E-state index contributed by atoms with van der Waals surface area (Å²) < 4.78 is 6.18. The molecular weight excluding hydrogens is 335 g/mol. The van der Waals surface area contributed by atoms with Gasteiger partial charge in [0, 0.05) is 15.6 Å². The zero-order chi connectivity index (χ0) is 12.8. The molecule has 0 heterocycles. The largest absolute Gasteiger partial charge is 0.496 e. The van der Waals surface area contributed by atoms with E-state index < -0.39 is 12.1 Å². The van der Waals surface area contributed by atoms with Gasteiger partial charge in [-0.05, 0) is 53.6 Å². The second-order valence-electron chi connectivity index (χ2n) is 3.69. The fraction of sp³-hybridized carbons (Fsp3) is 0.417. The van der Waals surface area contributed by atoms with Gasteiger partial charge in [0.05, 0.1) is 13.2 Å². The molecule has 1 unspecified atom stereocenters. The van der Waals surface area contributed by atoms with E-state index in [9.17, 15) is 9.90 Å². The van der Waals surface area contributed by atoms with Gasteiger partial charge in [-0.25, -0.2) is 0 Å². The number of aliphatic hydroxyl groups is 1. The Morgan fingerprint density at radius 1 is 1.53 bits per heavy atom. The van der Waals surface area contributed by atoms with Crippen LogP contribution in [-0.2, 0) is 4.79 Å². The first-order valence-corrected chi connectivity index (χ1v) is 6.35. The minimum absolute atomic E-state index is 0.0727. The minimum atomic E-state index is -0.841. The molecule has 0 saturated carbocycles. The number of benzene rings is 1. The van der Waals surface area contributed by atoms with Gasteiger partial charge in [0.1, 0.15) is 5.75 Å². The lowest BCUT2D eigenvalue weighted by Gasteiger charge is -2.14. The Morgan fingerprint density at radius 3 is 2.82 bits per heavy atom. The molecule has 2 N–H and O–H groups in total. The molecule has 17 heavy (non-hydrogen) atoms. The van der Waals surface area contributed by atoms with Crippen LogP contribution in [0.25, 0.3) is 0 Å². The molecule has 0 saturated heterocycles. The van der Waals surface area contributed by atoms with Crippen molar-refractivity contribution in [2.45, 2.75) is 25.4 Å². The summed E-state index contributed by atoms with van der Waals surface area (Å²) in [6.45, 7) is 0. The summed E-state index contributed by atoms with van der Waals surface area (Å²) >= 11 is 2.16. The van der Waals surface area contributed by atoms with Crippen LogP contribution in [0.4, 0.5) is 0 Å². The van der Waals surface area contributed by atoms with Crippen molar-refractivity contribution >= 4 is 28.6 Å². The van der Waals surface area contributed by atoms with E-state index in [1.165, 1.54) is 0 Å². The molecule has 5 heteroatoms. The Labute approximate surface area is 114 Å². The number of carboxylic acid groups (broad SMARTS) is 1. The summed E-state index contributed by atoms with van der Waals surface area (Å²) in [5, 5.41) is 18.5. The average molecular weight is 350 g/mol. The van der Waals surface area contributed by atoms with Gasteiger partial charge < -0.3 is 14.9 Å². The number of methoxy groups -OCH3 is 1. The highest BCUT2D eigenvalue weighted by molar-refractivity contribution is 14.1. The molecule has 0 aliphatic heterocycles. The maximum Gasteiger partial charge on any atom is 0.303 e. The van der Waals surface area contributed by atoms with Crippen LogP contribution in [0.1, 0.15) is 30.9 Å². The van der Waals surface area contributed by atoms with Gasteiger partial charge in [0.15, 0.2) is 0 Å². The first-order chi connectivity index (χ1) is 8.04. The topological polar surface area (TPSA) is 66.8 Å². The molecule has 0 radical (unpaired) electrons. The number of ether oxygens (including phenoxy) is 1. The Balaban J connectivity index is 2.69. The van der Waals surface area contributed by atoms with Crippen LogP contribution in [0.15, 0.2) is 18.2 Å². The normalized spacial score (nSPS) is 12.2. The van der Waals surface area contributed by atoms with E-state index in [0.29, 0.717) is 24.2 Å². The highest BCUT2D eigenvalue weighted by Gasteiger charge is 2.14. The minimum Gasteiger partial charge on any atom is -0.496 e. The third-order valence-corrected chi connectivity index (χ3v) is 3.09. The average Bonchev–Trinajstić information content (AvgIpc) is 2.28. The van der Waals surface area contributed by atoms with E-state index in [1.54, 1.807) is 13.2 Å². The molecule has 1 aromatic carbocycles. The number of halogens is 1. The number of carbonyl (C=O) groups is 1. The van der Waals surface area contributed by atoms with Crippen molar-refractivity contribution in [2.75, 3.05) is 7.11 Å². The number of hydrogen-bond donors (Lipinski definition) is 2. The molecule has 0 aliphatic carbocycles. The second kappa shape index (κ2) is 6.80. The Hall–Kier alpha value is -0.820. The van der Waals surface area contributed by atoms with Crippen LogP contribution in [0, 0.1) is 3.57 Å². The molecule has 0 aliphatic rings. The van der Waals surface area contributed by atoms with Crippen LogP contribution in [0.5, 0.6) is 5.75 Å². The summed E-state index contributed by atoms with van der Waals surface area (Å²) in [4.78, 5) is 10.4. The standard InChI is InChI=1S/C12H15IO4/c1-17-11-6-5-8(13)7-9(11)10(14)3-2-4-12(15)16/h5-7,10,14H,2-4H2,1H3,(H,15,16). The summed E-state index contributed by atoms with van der Waals surface area (Å²) in [5.74, 6) is -0.208. The third-order valence-electron chi connectivity index (χ3n) is 2.42. The third kappa shape index (κ3) is 4.51. The molecule has 0 bridgehead atoms. The Morgan fingerprint density at radius 2 is 2.24 bits per heavy atom. The zero-order valence-electron chi connectivity index (χ0n) is 9.52. The van der Waals surface area contributed by atoms with E-state index in [-0.39, 0.29) is 6.42 Å². The molecule has 94 valence electrons. The predicted molar refractivity (Wildman–Crippen MR) is 72.2 cm³/mol. The highest BCUT2D eigenvalue weighted by Crippen LogP contribution is 2.29. The van der Waals surface area contributed by atoms with Gasteiger partial charge in [-0.1, -0.05) is 0 Å². The number of carboxylic acids is 1. The lowest BCUT2D eigenvalue weighted by Crippen LogP contribution is -2.03. The first-order valence-electron chi connectivity index (χ1n) is 5.28. The molecule has 1 rings (SSSR count). The van der Waals surface area contributed by atoms with Crippen molar-refractivity contribution in [2.24, 2.45) is 0 Å². The van der Waals surface area contributed by atoms with Gasteiger partial charge in [0.2, 0.25) is 0 Å². The first kappa shape index (κ1) is 14.2. The van der Waals surface area contributed by atoms with E-state index in [1.807, 2.05) is 12.1 Å². The summed E-state index contributed by atoms with van der Waals surface area (Å²) in [6, 6.07) is 5.55. The van der Waals surface area contributed by atoms with E-state index in [0.717, 1.165) is 3.57 Å². The van der Waals surface area contributed by atoms with E-state index in [2.05, 4.69) is 22.6 Å². The maximum absolute atomic E-state index is 10.4. The predicted octanol–water partition coefficient (Wildman–Crippen LogP) is 2.59. The Bertz CT molecular complexity index is 392. The molecule has 1 atom stereocenters. The SMILES string of the molecule is COc1ccc(I)cc1C(O)CCCC(=O)O. The van der Waals surface area contributed by atoms with Crippen molar-refractivity contribution in [3.05, 3.63) is 27.3 Å². The van der Waals surface area contributed by atoms with Crippen LogP contribution in [0.3, 0.4) is 0 Å². The fourth-order valence-electron chi connectivity index (χ4n) is 1.57. The lowest BCUT2D eigenvalue weighted by atomic mass is 10.0. The van der Waals surface area contributed by atoms with Crippen LogP contribution >= 0.6 is 22.6 Å². The van der Waals surface area contributed by atoms with Gasteiger partial charge in [0.25, 0.3) is 0 Å². The fourth-order valence-corrected chi connectivity index (χ4v) is 2.08. The number of hydrogen-bond acceptors (Lipinski definition) is 3. The lowest BCUT2D eigenvalue weighted by molar-refractivity contribution is -0.137. The molecular formula is C12H15IO4. The van der Waals surface area contributed by atoms with Crippen LogP contribution in [-0.4, -0.2) is 23.3 Å². The zero-order valence-corrected chi connectivity index (χ0v) is 11.7. The van der Waals surface area contributed by atoms with Gasteiger partial charge in [-0.3, -0.25) is 4.79 Å². The molecule has 0 amide bonds. The van der Waals surface area contributed by atoms with Crippen molar-refractivity contribution in [3.63, 3.8) is 0 Å². The van der Waals surface area contributed by atoms with Crippen molar-refractivity contribution in [3.8, 4) is 5.75 Å². The van der Waals surface area contributed by atoms with E-state index in [4.69, 9.17) is 9.84 Å². The molecule has 4 nitrogen and oxygen atoms in total. The number of rotatable bonds is 6. The summed E-state index contributed by atoms with van der Waals surface area (Å²) in [6.07, 6.45) is 0.260.